The number of aryl methyl sites for hydroxylation is 1. The van der Waals surface area contributed by atoms with Crippen LogP contribution in [0.25, 0.3) is 22.3 Å². The van der Waals surface area contributed by atoms with Gasteiger partial charge in [-0.2, -0.15) is 0 Å². The number of anilines is 1. The van der Waals surface area contributed by atoms with E-state index in [-0.39, 0.29) is 28.6 Å². The van der Waals surface area contributed by atoms with Crippen LogP contribution in [-0.4, -0.2) is 5.84 Å². The van der Waals surface area contributed by atoms with E-state index in [1.165, 1.54) is 6.07 Å². The topological polar surface area (TPSA) is 119 Å². The first-order valence-electron chi connectivity index (χ1n) is 10.8. The summed E-state index contributed by atoms with van der Waals surface area (Å²) in [5, 5.41) is 7.73. The first-order chi connectivity index (χ1) is 16.3. The molecule has 0 aliphatic rings. The van der Waals surface area contributed by atoms with Crippen molar-refractivity contribution in [1.82, 2.24) is 5.53 Å². The number of benzene rings is 3. The number of amidine groups is 1. The number of hydrogen-bond acceptors (Lipinski definition) is 6. The van der Waals surface area contributed by atoms with Gasteiger partial charge in [-0.15, -0.1) is 5.10 Å². The van der Waals surface area contributed by atoms with Crippen LogP contribution in [0, 0.1) is 19.7 Å². The molecule has 1 heterocycles. The highest BCUT2D eigenvalue weighted by Crippen LogP contribution is 2.33. The predicted molar refractivity (Wildman–Crippen MR) is 134 cm³/mol. The van der Waals surface area contributed by atoms with Gasteiger partial charge >= 0.3 is 0 Å². The number of fused-ring (bicyclic) bond motifs is 1. The second kappa shape index (κ2) is 9.36. The highest BCUT2D eigenvalue weighted by atomic mass is 19.1. The monoisotopic (exact) mass is 459 g/mol. The Morgan fingerprint density at radius 1 is 1.09 bits per heavy atom. The number of hydrogen-bond donors (Lipinski definition) is 4. The maximum Gasteiger partial charge on any atom is 0.196 e. The van der Waals surface area contributed by atoms with Crippen molar-refractivity contribution in [2.75, 3.05) is 5.32 Å². The normalized spacial score (nSPS) is 12.6. The molecule has 1 aromatic heterocycles. The lowest BCUT2D eigenvalue weighted by atomic mass is 9.98. The number of halogens is 1. The van der Waals surface area contributed by atoms with Gasteiger partial charge in [-0.1, -0.05) is 30.3 Å². The maximum atomic E-state index is 14.6. The fraction of sp³-hybridized carbons (Fsp3) is 0.154. The molecule has 4 aromatic rings. The molecule has 1 unspecified atom stereocenters. The highest BCUT2D eigenvalue weighted by molar-refractivity contribution is 6.02. The standard InChI is InChI=1S/C26H26FN5O2/c1-14-12-19(16(3)30-22-11-7-5-9-18(22)26(28)31-32-29)25-20(13-14)23(33)15(2)24(34-25)17-8-4-6-10-21(17)27/h4-13,16,30,32H,29H2,1-3H3,(H2,28,31). The van der Waals surface area contributed by atoms with Crippen LogP contribution in [0.4, 0.5) is 10.1 Å². The van der Waals surface area contributed by atoms with Gasteiger partial charge in [0.15, 0.2) is 11.3 Å². The van der Waals surface area contributed by atoms with E-state index in [0.29, 0.717) is 22.1 Å². The second-order valence-electron chi connectivity index (χ2n) is 8.13. The van der Waals surface area contributed by atoms with Crippen molar-refractivity contribution < 1.29 is 8.81 Å². The molecule has 7 nitrogen and oxygen atoms in total. The molecule has 8 heteroatoms. The van der Waals surface area contributed by atoms with E-state index in [4.69, 9.17) is 16.0 Å². The Kier molecular flexibility index (Phi) is 6.34. The van der Waals surface area contributed by atoms with E-state index in [1.54, 1.807) is 31.2 Å². The lowest BCUT2D eigenvalue weighted by Crippen LogP contribution is -2.24. The van der Waals surface area contributed by atoms with Gasteiger partial charge in [0.2, 0.25) is 0 Å². The van der Waals surface area contributed by atoms with E-state index in [0.717, 1.165) is 16.8 Å². The summed E-state index contributed by atoms with van der Waals surface area (Å²) in [5.41, 5.74) is 12.1. The average molecular weight is 460 g/mol. The molecule has 0 spiro atoms. The summed E-state index contributed by atoms with van der Waals surface area (Å²) in [6.45, 7) is 5.52. The van der Waals surface area contributed by atoms with Crippen molar-refractivity contribution in [2.24, 2.45) is 16.7 Å². The van der Waals surface area contributed by atoms with Crippen LogP contribution in [-0.2, 0) is 0 Å². The second-order valence-corrected chi connectivity index (χ2v) is 8.13. The average Bonchev–Trinajstić information content (AvgIpc) is 2.82. The summed E-state index contributed by atoms with van der Waals surface area (Å²) in [7, 11) is 0. The molecule has 0 saturated carbocycles. The molecule has 4 rings (SSSR count). The summed E-state index contributed by atoms with van der Waals surface area (Å²) < 4.78 is 20.8. The minimum absolute atomic E-state index is 0.192. The van der Waals surface area contributed by atoms with Crippen LogP contribution < -0.4 is 27.9 Å². The zero-order chi connectivity index (χ0) is 24.4. The first kappa shape index (κ1) is 23.0. The van der Waals surface area contributed by atoms with Crippen LogP contribution >= 0.6 is 0 Å². The highest BCUT2D eigenvalue weighted by Gasteiger charge is 2.21. The van der Waals surface area contributed by atoms with E-state index in [9.17, 15) is 9.18 Å². The molecule has 1 atom stereocenters. The van der Waals surface area contributed by atoms with Crippen molar-refractivity contribution in [2.45, 2.75) is 26.8 Å². The minimum atomic E-state index is -0.454. The van der Waals surface area contributed by atoms with Gasteiger partial charge in [0, 0.05) is 22.4 Å². The van der Waals surface area contributed by atoms with Crippen LogP contribution in [0.5, 0.6) is 0 Å². The number of hydrazine groups is 1. The fourth-order valence-corrected chi connectivity index (χ4v) is 4.06. The Morgan fingerprint density at radius 2 is 1.79 bits per heavy atom. The van der Waals surface area contributed by atoms with E-state index < -0.39 is 5.82 Å². The third-order valence-electron chi connectivity index (χ3n) is 5.74. The van der Waals surface area contributed by atoms with Gasteiger partial charge in [-0.05, 0) is 56.7 Å². The Hall–Kier alpha value is -4.17. The zero-order valence-electron chi connectivity index (χ0n) is 19.1. The van der Waals surface area contributed by atoms with Crippen LogP contribution in [0.1, 0.15) is 35.2 Å². The summed E-state index contributed by atoms with van der Waals surface area (Å²) in [4.78, 5) is 13.3. The van der Waals surface area contributed by atoms with Gasteiger partial charge in [-0.3, -0.25) is 4.79 Å². The Bertz CT molecular complexity index is 1460. The molecule has 0 fully saturated rings. The molecule has 0 bridgehead atoms. The summed E-state index contributed by atoms with van der Waals surface area (Å²) in [6.07, 6.45) is 0. The van der Waals surface area contributed by atoms with Crippen LogP contribution in [0.3, 0.4) is 0 Å². The Morgan fingerprint density at radius 3 is 2.53 bits per heavy atom. The SMILES string of the molecule is Cc1cc(C(C)Nc2ccccc2/C(N)=N/NN)c2oc(-c3ccccc3F)c(C)c(=O)c2c1. The number of para-hydroxylation sites is 1. The van der Waals surface area contributed by atoms with Gasteiger partial charge in [0.1, 0.15) is 17.2 Å². The molecule has 0 aliphatic carbocycles. The molecule has 6 N–H and O–H groups in total. The minimum Gasteiger partial charge on any atom is -0.455 e. The van der Waals surface area contributed by atoms with Gasteiger partial charge < -0.3 is 15.5 Å². The number of nitrogens with zero attached hydrogens (tertiary/aromatic N) is 1. The Balaban J connectivity index is 1.88. The number of hydrazone groups is 1. The first-order valence-corrected chi connectivity index (χ1v) is 10.8. The molecule has 174 valence electrons. The van der Waals surface area contributed by atoms with Crippen LogP contribution in [0.15, 0.2) is 75.0 Å². The van der Waals surface area contributed by atoms with E-state index in [2.05, 4.69) is 16.0 Å². The number of nitrogens with one attached hydrogen (secondary N) is 2. The van der Waals surface area contributed by atoms with Gasteiger partial charge in [-0.25, -0.2) is 15.8 Å². The maximum absolute atomic E-state index is 14.6. The number of nitrogens with two attached hydrogens (primary N) is 2. The molecule has 3 aromatic carbocycles. The van der Waals surface area contributed by atoms with Gasteiger partial charge in [0.05, 0.1) is 17.0 Å². The largest absolute Gasteiger partial charge is 0.455 e. The summed E-state index contributed by atoms with van der Waals surface area (Å²) in [5.74, 6) is 5.27. The van der Waals surface area contributed by atoms with Crippen molar-refractivity contribution in [3.8, 4) is 11.3 Å². The van der Waals surface area contributed by atoms with Crippen LogP contribution in [0.2, 0.25) is 0 Å². The summed E-state index contributed by atoms with van der Waals surface area (Å²) in [6, 6.07) is 17.1. The Labute approximate surface area is 196 Å². The molecule has 34 heavy (non-hydrogen) atoms. The quantitative estimate of drug-likeness (QED) is 0.146. The molecular weight excluding hydrogens is 433 g/mol. The lowest BCUT2D eigenvalue weighted by molar-refractivity contribution is 0.586. The third-order valence-corrected chi connectivity index (χ3v) is 5.74. The van der Waals surface area contributed by atoms with Crippen molar-refractivity contribution in [3.63, 3.8) is 0 Å². The zero-order valence-corrected chi connectivity index (χ0v) is 19.1. The molecule has 0 saturated heterocycles. The molecule has 0 radical (unpaired) electrons. The van der Waals surface area contributed by atoms with Crippen molar-refractivity contribution >= 4 is 22.5 Å². The smallest absolute Gasteiger partial charge is 0.196 e. The van der Waals surface area contributed by atoms with E-state index >= 15 is 0 Å². The van der Waals surface area contributed by atoms with E-state index in [1.807, 2.05) is 44.2 Å². The predicted octanol–water partition coefficient (Wildman–Crippen LogP) is 4.47. The fourth-order valence-electron chi connectivity index (χ4n) is 4.06. The van der Waals surface area contributed by atoms with Crippen molar-refractivity contribution in [1.29, 1.82) is 0 Å². The third kappa shape index (κ3) is 4.23. The van der Waals surface area contributed by atoms with Gasteiger partial charge in [0.25, 0.3) is 0 Å². The number of rotatable bonds is 6. The lowest BCUT2D eigenvalue weighted by Gasteiger charge is -2.20. The molecular formula is C26H26FN5O2. The molecule has 0 amide bonds. The van der Waals surface area contributed by atoms with Crippen molar-refractivity contribution in [3.05, 3.63) is 99.0 Å². The summed E-state index contributed by atoms with van der Waals surface area (Å²) >= 11 is 0. The molecule has 0 aliphatic heterocycles.